The minimum atomic E-state index is -4.37. The van der Waals surface area contributed by atoms with Crippen LogP contribution < -0.4 is 11.1 Å². The van der Waals surface area contributed by atoms with Crippen molar-refractivity contribution in [3.8, 4) is 0 Å². The molecule has 2 aliphatic rings. The smallest absolute Gasteiger partial charge is 0.381 e. The van der Waals surface area contributed by atoms with Gasteiger partial charge in [-0.3, -0.25) is 0 Å². The van der Waals surface area contributed by atoms with E-state index in [1.807, 2.05) is 0 Å². The third kappa shape index (κ3) is 4.87. The lowest BCUT2D eigenvalue weighted by molar-refractivity contribution is -0.210. The standard InChI is InChI=1S/C17H22F3N3O3/c18-17(19,20)13-3-1-2-12(8-13)9-22-15(21)23-10-14-11-25-16(26-14)4-6-24-7-5-16/h1-3,8,14H,4-7,9-11H2,(H3,21,22,23). The molecular formula is C17H22F3N3O3. The molecule has 144 valence electrons. The Kier molecular flexibility index (Phi) is 5.69. The first-order chi connectivity index (χ1) is 12.4. The van der Waals surface area contributed by atoms with Crippen LogP contribution in [-0.4, -0.2) is 44.2 Å². The molecule has 0 aromatic heterocycles. The maximum atomic E-state index is 12.7. The van der Waals surface area contributed by atoms with E-state index in [0.717, 1.165) is 12.1 Å². The number of hydrogen-bond donors (Lipinski definition) is 2. The maximum absolute atomic E-state index is 12.7. The van der Waals surface area contributed by atoms with Crippen LogP contribution in [0.2, 0.25) is 0 Å². The van der Waals surface area contributed by atoms with Gasteiger partial charge in [0.25, 0.3) is 0 Å². The van der Waals surface area contributed by atoms with Crippen LogP contribution in [-0.2, 0) is 26.9 Å². The topological polar surface area (TPSA) is 78.1 Å². The van der Waals surface area contributed by atoms with Gasteiger partial charge >= 0.3 is 6.18 Å². The van der Waals surface area contributed by atoms with Crippen LogP contribution in [0, 0.1) is 0 Å². The minimum Gasteiger partial charge on any atom is -0.381 e. The van der Waals surface area contributed by atoms with E-state index in [9.17, 15) is 13.2 Å². The first-order valence-electron chi connectivity index (χ1n) is 8.46. The molecule has 6 nitrogen and oxygen atoms in total. The molecule has 2 fully saturated rings. The predicted octanol–water partition coefficient (Wildman–Crippen LogP) is 2.03. The van der Waals surface area contributed by atoms with Crippen molar-refractivity contribution >= 4 is 5.96 Å². The van der Waals surface area contributed by atoms with Crippen molar-refractivity contribution in [3.05, 3.63) is 35.4 Å². The van der Waals surface area contributed by atoms with Crippen LogP contribution in [0.25, 0.3) is 0 Å². The summed E-state index contributed by atoms with van der Waals surface area (Å²) < 4.78 is 55.1. The molecule has 1 spiro atoms. The third-order valence-corrected chi connectivity index (χ3v) is 4.37. The molecule has 0 aliphatic carbocycles. The SMILES string of the molecule is NC(=NCc1cccc(C(F)(F)F)c1)NCC1COC2(CCOCC2)O1. The van der Waals surface area contributed by atoms with E-state index in [2.05, 4.69) is 10.3 Å². The lowest BCUT2D eigenvalue weighted by Gasteiger charge is -2.31. The van der Waals surface area contributed by atoms with E-state index in [1.54, 1.807) is 6.07 Å². The second-order valence-electron chi connectivity index (χ2n) is 6.35. The van der Waals surface area contributed by atoms with Gasteiger partial charge in [0, 0.05) is 19.4 Å². The van der Waals surface area contributed by atoms with E-state index < -0.39 is 17.5 Å². The van der Waals surface area contributed by atoms with Crippen molar-refractivity contribution in [3.63, 3.8) is 0 Å². The van der Waals surface area contributed by atoms with E-state index in [-0.39, 0.29) is 18.6 Å². The highest BCUT2D eigenvalue weighted by atomic mass is 19.4. The van der Waals surface area contributed by atoms with Gasteiger partial charge < -0.3 is 25.3 Å². The van der Waals surface area contributed by atoms with Crippen molar-refractivity contribution in [2.45, 2.75) is 37.5 Å². The number of aliphatic imine (C=N–C) groups is 1. The van der Waals surface area contributed by atoms with Crippen molar-refractivity contribution in [2.75, 3.05) is 26.4 Å². The quantitative estimate of drug-likeness (QED) is 0.624. The molecule has 2 aliphatic heterocycles. The number of guanidine groups is 1. The van der Waals surface area contributed by atoms with Crippen molar-refractivity contribution in [2.24, 2.45) is 10.7 Å². The molecular weight excluding hydrogens is 351 g/mol. The molecule has 1 atom stereocenters. The number of nitrogens with one attached hydrogen (secondary N) is 1. The van der Waals surface area contributed by atoms with Crippen molar-refractivity contribution < 1.29 is 27.4 Å². The molecule has 9 heteroatoms. The third-order valence-electron chi connectivity index (χ3n) is 4.37. The highest BCUT2D eigenvalue weighted by Gasteiger charge is 2.42. The van der Waals surface area contributed by atoms with Gasteiger partial charge in [0.05, 0.1) is 31.9 Å². The van der Waals surface area contributed by atoms with E-state index in [0.29, 0.717) is 44.8 Å². The molecule has 1 unspecified atom stereocenters. The van der Waals surface area contributed by atoms with Crippen LogP contribution in [0.5, 0.6) is 0 Å². The number of benzene rings is 1. The summed E-state index contributed by atoms with van der Waals surface area (Å²) in [5.74, 6) is -0.409. The number of nitrogens with two attached hydrogens (primary N) is 1. The fourth-order valence-corrected chi connectivity index (χ4v) is 2.96. The Morgan fingerprint density at radius 2 is 2.08 bits per heavy atom. The lowest BCUT2D eigenvalue weighted by Crippen LogP contribution is -2.41. The normalized spacial score (nSPS) is 23.3. The maximum Gasteiger partial charge on any atom is 0.416 e. The van der Waals surface area contributed by atoms with Gasteiger partial charge in [0.2, 0.25) is 0 Å². The Hall–Kier alpha value is -1.84. The summed E-state index contributed by atoms with van der Waals surface area (Å²) in [6, 6.07) is 5.03. The second-order valence-corrected chi connectivity index (χ2v) is 6.35. The van der Waals surface area contributed by atoms with Crippen LogP contribution in [0.15, 0.2) is 29.3 Å². The molecule has 1 aromatic carbocycles. The Labute approximate surface area is 149 Å². The van der Waals surface area contributed by atoms with Crippen molar-refractivity contribution in [1.82, 2.24) is 5.32 Å². The van der Waals surface area contributed by atoms with E-state index >= 15 is 0 Å². The van der Waals surface area contributed by atoms with Crippen LogP contribution in [0.4, 0.5) is 13.2 Å². The predicted molar refractivity (Wildman–Crippen MR) is 88.4 cm³/mol. The molecule has 0 bridgehead atoms. The van der Waals surface area contributed by atoms with Gasteiger partial charge in [-0.2, -0.15) is 13.2 Å². The van der Waals surface area contributed by atoms with Crippen LogP contribution in [0.1, 0.15) is 24.0 Å². The largest absolute Gasteiger partial charge is 0.416 e. The molecule has 0 amide bonds. The number of rotatable bonds is 4. The number of alkyl halides is 3. The Balaban J connectivity index is 1.47. The van der Waals surface area contributed by atoms with Crippen LogP contribution in [0.3, 0.4) is 0 Å². The van der Waals surface area contributed by atoms with Crippen molar-refractivity contribution in [1.29, 1.82) is 0 Å². The molecule has 1 aromatic rings. The fourth-order valence-electron chi connectivity index (χ4n) is 2.96. The average Bonchev–Trinajstić information content (AvgIpc) is 3.01. The molecule has 2 saturated heterocycles. The number of ether oxygens (including phenoxy) is 3. The Bertz CT molecular complexity index is 646. The number of nitrogens with zero attached hydrogens (tertiary/aromatic N) is 1. The van der Waals surface area contributed by atoms with Gasteiger partial charge in [-0.15, -0.1) is 0 Å². The molecule has 0 saturated carbocycles. The lowest BCUT2D eigenvalue weighted by atomic mass is 10.1. The number of halogens is 3. The monoisotopic (exact) mass is 373 g/mol. The Morgan fingerprint density at radius 3 is 2.81 bits per heavy atom. The van der Waals surface area contributed by atoms with Gasteiger partial charge in [-0.1, -0.05) is 12.1 Å². The summed E-state index contributed by atoms with van der Waals surface area (Å²) in [5.41, 5.74) is 5.53. The fraction of sp³-hybridized carbons (Fsp3) is 0.588. The zero-order valence-corrected chi connectivity index (χ0v) is 14.2. The minimum absolute atomic E-state index is 0.0616. The summed E-state index contributed by atoms with van der Waals surface area (Å²) in [7, 11) is 0. The Morgan fingerprint density at radius 1 is 1.31 bits per heavy atom. The molecule has 26 heavy (non-hydrogen) atoms. The van der Waals surface area contributed by atoms with Gasteiger partial charge in [-0.05, 0) is 17.7 Å². The second kappa shape index (κ2) is 7.81. The van der Waals surface area contributed by atoms with Gasteiger partial charge in [-0.25, -0.2) is 4.99 Å². The average molecular weight is 373 g/mol. The summed E-state index contributed by atoms with van der Waals surface area (Å²) in [5, 5.41) is 2.93. The molecule has 2 heterocycles. The summed E-state index contributed by atoms with van der Waals surface area (Å²) >= 11 is 0. The summed E-state index contributed by atoms with van der Waals surface area (Å²) in [6.07, 6.45) is -3.13. The van der Waals surface area contributed by atoms with E-state index in [4.69, 9.17) is 19.9 Å². The molecule has 3 rings (SSSR count). The zero-order chi connectivity index (χ0) is 18.6. The first-order valence-corrected chi connectivity index (χ1v) is 8.46. The summed E-state index contributed by atoms with van der Waals surface area (Å²) in [6.45, 7) is 2.15. The number of hydrogen-bond acceptors (Lipinski definition) is 4. The van der Waals surface area contributed by atoms with Gasteiger partial charge in [0.15, 0.2) is 11.7 Å². The van der Waals surface area contributed by atoms with Gasteiger partial charge in [0.1, 0.15) is 6.10 Å². The molecule has 3 N–H and O–H groups in total. The molecule has 0 radical (unpaired) electrons. The highest BCUT2D eigenvalue weighted by Crippen LogP contribution is 2.33. The summed E-state index contributed by atoms with van der Waals surface area (Å²) in [4.78, 5) is 4.08. The highest BCUT2D eigenvalue weighted by molar-refractivity contribution is 5.77. The van der Waals surface area contributed by atoms with E-state index in [1.165, 1.54) is 6.07 Å². The zero-order valence-electron chi connectivity index (χ0n) is 14.2. The first kappa shape index (κ1) is 18.9. The van der Waals surface area contributed by atoms with Crippen LogP contribution >= 0.6 is 0 Å².